The van der Waals surface area contributed by atoms with E-state index in [0.717, 1.165) is 23.6 Å². The molecule has 1 aromatic rings. The first-order chi connectivity index (χ1) is 6.63. The van der Waals surface area contributed by atoms with E-state index in [-0.39, 0.29) is 0 Å². The topological polar surface area (TPSA) is 3.24 Å². The standard InChI is InChI=1S/C10H12Cl3N/c1-14(7-11)5-4-8-2-3-9(12)6-10(8)13/h2-3,6H,4-5,7H2,1H3. The summed E-state index contributed by atoms with van der Waals surface area (Å²) in [6, 6.07) is 6.10. The molecule has 0 bridgehead atoms. The Hall–Kier alpha value is 0.0500. The average molecular weight is 253 g/mol. The smallest absolute Gasteiger partial charge is 0.0736 e. The zero-order chi connectivity index (χ0) is 10.6. The fourth-order valence-corrected chi connectivity index (χ4v) is 1.72. The van der Waals surface area contributed by atoms with Gasteiger partial charge in [-0.3, -0.25) is 4.90 Å². The van der Waals surface area contributed by atoms with Crippen LogP contribution in [0.5, 0.6) is 0 Å². The normalized spacial score (nSPS) is 10.9. The summed E-state index contributed by atoms with van der Waals surface area (Å²) in [7, 11) is 1.97. The SMILES string of the molecule is CN(CCl)CCc1ccc(Cl)cc1Cl. The largest absolute Gasteiger partial charge is 0.293 e. The molecule has 0 fully saturated rings. The van der Waals surface area contributed by atoms with Gasteiger partial charge in [0, 0.05) is 16.6 Å². The summed E-state index contributed by atoms with van der Waals surface area (Å²) in [5.74, 6) is 0. The van der Waals surface area contributed by atoms with Crippen LogP contribution in [0.1, 0.15) is 5.56 Å². The number of nitrogens with zero attached hydrogens (tertiary/aromatic N) is 1. The number of likely N-dealkylation sites (N-methyl/N-ethyl adjacent to an activating group) is 1. The van der Waals surface area contributed by atoms with Gasteiger partial charge in [-0.15, -0.1) is 11.6 Å². The van der Waals surface area contributed by atoms with Crippen molar-refractivity contribution in [2.75, 3.05) is 19.6 Å². The first-order valence-electron chi connectivity index (χ1n) is 4.32. The predicted molar refractivity (Wildman–Crippen MR) is 63.5 cm³/mol. The minimum atomic E-state index is 0.533. The first kappa shape index (κ1) is 12.1. The summed E-state index contributed by atoms with van der Waals surface area (Å²) >= 11 is 17.5. The van der Waals surface area contributed by atoms with E-state index < -0.39 is 0 Å². The third-order valence-electron chi connectivity index (χ3n) is 1.98. The zero-order valence-electron chi connectivity index (χ0n) is 7.93. The van der Waals surface area contributed by atoms with E-state index in [9.17, 15) is 0 Å². The summed E-state index contributed by atoms with van der Waals surface area (Å²) in [4.78, 5) is 2.02. The molecule has 1 nitrogen and oxygen atoms in total. The molecule has 0 atom stereocenters. The van der Waals surface area contributed by atoms with Gasteiger partial charge in [0.1, 0.15) is 0 Å². The molecule has 0 spiro atoms. The van der Waals surface area contributed by atoms with Crippen LogP contribution < -0.4 is 0 Å². The van der Waals surface area contributed by atoms with E-state index in [1.165, 1.54) is 0 Å². The van der Waals surface area contributed by atoms with Crippen LogP contribution >= 0.6 is 34.8 Å². The van der Waals surface area contributed by atoms with Crippen LogP contribution in [0.15, 0.2) is 18.2 Å². The van der Waals surface area contributed by atoms with E-state index >= 15 is 0 Å². The van der Waals surface area contributed by atoms with Crippen molar-refractivity contribution < 1.29 is 0 Å². The lowest BCUT2D eigenvalue weighted by atomic mass is 10.1. The van der Waals surface area contributed by atoms with Crippen molar-refractivity contribution in [3.63, 3.8) is 0 Å². The highest BCUT2D eigenvalue weighted by Gasteiger charge is 2.02. The molecule has 0 amide bonds. The Balaban J connectivity index is 2.59. The number of benzene rings is 1. The van der Waals surface area contributed by atoms with Crippen LogP contribution in [0.25, 0.3) is 0 Å². The third kappa shape index (κ3) is 3.66. The van der Waals surface area contributed by atoms with Crippen molar-refractivity contribution >= 4 is 34.8 Å². The van der Waals surface area contributed by atoms with Crippen molar-refractivity contribution in [3.05, 3.63) is 33.8 Å². The molecule has 1 aromatic carbocycles. The van der Waals surface area contributed by atoms with Crippen LogP contribution in [0.4, 0.5) is 0 Å². The molecule has 0 saturated carbocycles. The first-order valence-corrected chi connectivity index (χ1v) is 5.61. The Morgan fingerprint density at radius 2 is 2.00 bits per heavy atom. The van der Waals surface area contributed by atoms with E-state index in [1.54, 1.807) is 6.07 Å². The molecular weight excluding hydrogens is 240 g/mol. The van der Waals surface area contributed by atoms with Crippen molar-refractivity contribution in [1.29, 1.82) is 0 Å². The van der Waals surface area contributed by atoms with Gasteiger partial charge in [0.2, 0.25) is 0 Å². The molecule has 0 saturated heterocycles. The number of halogens is 3. The highest BCUT2D eigenvalue weighted by molar-refractivity contribution is 6.35. The molecule has 0 N–H and O–H groups in total. The van der Waals surface area contributed by atoms with Crippen molar-refractivity contribution in [3.8, 4) is 0 Å². The summed E-state index contributed by atoms with van der Waals surface area (Å²) < 4.78 is 0. The molecule has 4 heteroatoms. The minimum absolute atomic E-state index is 0.533. The maximum Gasteiger partial charge on any atom is 0.0736 e. The van der Waals surface area contributed by atoms with Gasteiger partial charge in [-0.2, -0.15) is 0 Å². The number of rotatable bonds is 4. The maximum atomic E-state index is 6.02. The van der Waals surface area contributed by atoms with Crippen molar-refractivity contribution in [2.45, 2.75) is 6.42 Å². The summed E-state index contributed by atoms with van der Waals surface area (Å²) in [6.45, 7) is 0.894. The van der Waals surface area contributed by atoms with Crippen LogP contribution in [0.3, 0.4) is 0 Å². The van der Waals surface area contributed by atoms with Gasteiger partial charge in [0.05, 0.1) is 6.00 Å². The molecule has 0 aliphatic carbocycles. The van der Waals surface area contributed by atoms with E-state index in [4.69, 9.17) is 34.8 Å². The number of hydrogen-bond donors (Lipinski definition) is 0. The van der Waals surface area contributed by atoms with Gasteiger partial charge in [0.25, 0.3) is 0 Å². The average Bonchev–Trinajstić information content (AvgIpc) is 2.16. The second kappa shape index (κ2) is 5.82. The van der Waals surface area contributed by atoms with Crippen molar-refractivity contribution in [1.82, 2.24) is 4.90 Å². The quantitative estimate of drug-likeness (QED) is 0.584. The Labute approximate surface area is 99.6 Å². The van der Waals surface area contributed by atoms with Crippen LogP contribution in [0, 0.1) is 0 Å². The fraction of sp³-hybridized carbons (Fsp3) is 0.400. The van der Waals surface area contributed by atoms with Crippen LogP contribution in [-0.2, 0) is 6.42 Å². The predicted octanol–water partition coefficient (Wildman–Crippen LogP) is 3.66. The Kier molecular flexibility index (Phi) is 5.04. The highest BCUT2D eigenvalue weighted by Crippen LogP contribution is 2.21. The van der Waals surface area contributed by atoms with Crippen molar-refractivity contribution in [2.24, 2.45) is 0 Å². The lowest BCUT2D eigenvalue weighted by Crippen LogP contribution is -2.19. The van der Waals surface area contributed by atoms with E-state index in [1.807, 2.05) is 24.1 Å². The second-order valence-electron chi connectivity index (χ2n) is 3.18. The minimum Gasteiger partial charge on any atom is -0.293 e. The Morgan fingerprint density at radius 3 is 2.57 bits per heavy atom. The summed E-state index contributed by atoms with van der Waals surface area (Å²) in [5, 5.41) is 1.39. The van der Waals surface area contributed by atoms with E-state index in [0.29, 0.717) is 11.0 Å². The third-order valence-corrected chi connectivity index (χ3v) is 2.98. The zero-order valence-corrected chi connectivity index (χ0v) is 10.2. The fourth-order valence-electron chi connectivity index (χ4n) is 1.10. The van der Waals surface area contributed by atoms with Gasteiger partial charge in [-0.1, -0.05) is 29.3 Å². The molecule has 0 aliphatic rings. The van der Waals surface area contributed by atoms with Gasteiger partial charge >= 0.3 is 0 Å². The van der Waals surface area contributed by atoms with Gasteiger partial charge in [-0.25, -0.2) is 0 Å². The van der Waals surface area contributed by atoms with Crippen LogP contribution in [-0.4, -0.2) is 24.5 Å². The monoisotopic (exact) mass is 251 g/mol. The summed E-state index contributed by atoms with van der Waals surface area (Å²) in [5.41, 5.74) is 1.10. The molecule has 1 rings (SSSR count). The van der Waals surface area contributed by atoms with Crippen LogP contribution in [0.2, 0.25) is 10.0 Å². The van der Waals surface area contributed by atoms with Gasteiger partial charge < -0.3 is 0 Å². The maximum absolute atomic E-state index is 6.02. The Morgan fingerprint density at radius 1 is 1.29 bits per heavy atom. The molecule has 0 aromatic heterocycles. The second-order valence-corrected chi connectivity index (χ2v) is 4.27. The lowest BCUT2D eigenvalue weighted by molar-refractivity contribution is 0.394. The number of alkyl halides is 1. The highest BCUT2D eigenvalue weighted by atomic mass is 35.5. The van der Waals surface area contributed by atoms with E-state index in [2.05, 4.69) is 0 Å². The molecule has 0 heterocycles. The Bertz CT molecular complexity index is 301. The lowest BCUT2D eigenvalue weighted by Gasteiger charge is -2.12. The molecule has 0 aliphatic heterocycles. The summed E-state index contributed by atoms with van der Waals surface area (Å²) in [6.07, 6.45) is 0.888. The molecule has 0 unspecified atom stereocenters. The van der Waals surface area contributed by atoms with Gasteiger partial charge in [0.15, 0.2) is 0 Å². The van der Waals surface area contributed by atoms with Gasteiger partial charge in [-0.05, 0) is 31.2 Å². The number of hydrogen-bond acceptors (Lipinski definition) is 1. The molecular formula is C10H12Cl3N. The molecule has 0 radical (unpaired) electrons. The molecule has 14 heavy (non-hydrogen) atoms. The molecule has 78 valence electrons.